The minimum atomic E-state index is -4.75. The highest BCUT2D eigenvalue weighted by Gasteiger charge is 2.32. The molecule has 7 heteroatoms. The Kier molecular flexibility index (Phi) is 5.09. The molecular formula is C12H15BrF3NO2. The molecule has 0 fully saturated rings. The Labute approximate surface area is 117 Å². The SMILES string of the molecule is CC(C)(CO)CNc1ccc(Br)cc1OC(F)(F)F. The molecular weight excluding hydrogens is 327 g/mol. The number of anilines is 1. The van der Waals surface area contributed by atoms with Crippen molar-refractivity contribution in [2.45, 2.75) is 20.2 Å². The standard InChI is InChI=1S/C12H15BrF3NO2/c1-11(2,7-18)6-17-9-4-3-8(13)5-10(9)19-12(14,15)16/h3-5,17-18H,6-7H2,1-2H3. The lowest BCUT2D eigenvalue weighted by Crippen LogP contribution is -2.27. The van der Waals surface area contributed by atoms with Crippen LogP contribution in [-0.4, -0.2) is 24.6 Å². The van der Waals surface area contributed by atoms with Gasteiger partial charge in [0.05, 0.1) is 5.69 Å². The van der Waals surface area contributed by atoms with Gasteiger partial charge in [0.1, 0.15) is 0 Å². The molecule has 0 spiro atoms. The summed E-state index contributed by atoms with van der Waals surface area (Å²) in [5, 5.41) is 12.0. The summed E-state index contributed by atoms with van der Waals surface area (Å²) in [5.74, 6) is -0.310. The Bertz CT molecular complexity index is 435. The van der Waals surface area contributed by atoms with E-state index in [0.717, 1.165) is 0 Å². The zero-order valence-corrected chi connectivity index (χ0v) is 12.1. The van der Waals surface area contributed by atoms with Crippen molar-refractivity contribution < 1.29 is 23.0 Å². The summed E-state index contributed by atoms with van der Waals surface area (Å²) in [7, 11) is 0. The first-order chi connectivity index (χ1) is 8.63. The van der Waals surface area contributed by atoms with E-state index in [1.807, 2.05) is 0 Å². The number of aliphatic hydroxyl groups excluding tert-OH is 1. The van der Waals surface area contributed by atoms with Gasteiger partial charge >= 0.3 is 6.36 Å². The molecule has 0 aliphatic carbocycles. The summed E-state index contributed by atoms with van der Waals surface area (Å²) in [6.07, 6.45) is -4.75. The topological polar surface area (TPSA) is 41.5 Å². The van der Waals surface area contributed by atoms with E-state index in [4.69, 9.17) is 5.11 Å². The molecule has 0 radical (unpaired) electrons. The predicted octanol–water partition coefficient (Wildman–Crippen LogP) is 3.78. The van der Waals surface area contributed by atoms with Gasteiger partial charge in [-0.3, -0.25) is 0 Å². The third-order valence-electron chi connectivity index (χ3n) is 2.35. The molecule has 0 unspecified atom stereocenters. The number of benzene rings is 1. The zero-order chi connectivity index (χ0) is 14.7. The quantitative estimate of drug-likeness (QED) is 0.856. The fourth-order valence-corrected chi connectivity index (χ4v) is 1.58. The lowest BCUT2D eigenvalue weighted by atomic mass is 9.95. The highest BCUT2D eigenvalue weighted by atomic mass is 79.9. The fourth-order valence-electron chi connectivity index (χ4n) is 1.24. The van der Waals surface area contributed by atoms with Gasteiger partial charge in [0, 0.05) is 23.0 Å². The summed E-state index contributed by atoms with van der Waals surface area (Å²) in [6.45, 7) is 3.83. The van der Waals surface area contributed by atoms with Crippen LogP contribution in [0.5, 0.6) is 5.75 Å². The van der Waals surface area contributed by atoms with Gasteiger partial charge in [0.25, 0.3) is 0 Å². The van der Waals surface area contributed by atoms with E-state index in [1.165, 1.54) is 12.1 Å². The second-order valence-corrected chi connectivity index (χ2v) is 5.78. The van der Waals surface area contributed by atoms with E-state index in [0.29, 0.717) is 11.0 Å². The van der Waals surface area contributed by atoms with Crippen LogP contribution in [0.15, 0.2) is 22.7 Å². The Morgan fingerprint density at radius 3 is 2.47 bits per heavy atom. The first-order valence-corrected chi connectivity index (χ1v) is 6.32. The van der Waals surface area contributed by atoms with E-state index in [9.17, 15) is 13.2 Å². The van der Waals surface area contributed by atoms with Gasteiger partial charge in [-0.25, -0.2) is 0 Å². The maximum atomic E-state index is 12.3. The predicted molar refractivity (Wildman–Crippen MR) is 70.2 cm³/mol. The normalized spacial score (nSPS) is 12.4. The molecule has 0 aliphatic rings. The summed E-state index contributed by atoms with van der Waals surface area (Å²) < 4.78 is 41.3. The first kappa shape index (κ1) is 16.1. The average molecular weight is 342 g/mol. The molecule has 0 amide bonds. The highest BCUT2D eigenvalue weighted by Crippen LogP contribution is 2.33. The maximum Gasteiger partial charge on any atom is 0.573 e. The smallest absolute Gasteiger partial charge is 0.404 e. The molecule has 1 rings (SSSR count). The van der Waals surface area contributed by atoms with Crippen molar-refractivity contribution in [3.05, 3.63) is 22.7 Å². The first-order valence-electron chi connectivity index (χ1n) is 5.53. The van der Waals surface area contributed by atoms with Gasteiger partial charge < -0.3 is 15.2 Å². The van der Waals surface area contributed by atoms with Crippen molar-refractivity contribution in [1.82, 2.24) is 0 Å². The number of aliphatic hydroxyl groups is 1. The number of halogens is 4. The van der Waals surface area contributed by atoms with Crippen molar-refractivity contribution in [1.29, 1.82) is 0 Å². The molecule has 19 heavy (non-hydrogen) atoms. The van der Waals surface area contributed by atoms with Crippen LogP contribution in [0.25, 0.3) is 0 Å². The third-order valence-corrected chi connectivity index (χ3v) is 2.85. The lowest BCUT2D eigenvalue weighted by molar-refractivity contribution is -0.274. The van der Waals surface area contributed by atoms with Crippen molar-refractivity contribution in [3.8, 4) is 5.75 Å². The molecule has 2 N–H and O–H groups in total. The second kappa shape index (κ2) is 6.00. The summed E-state index contributed by atoms with van der Waals surface area (Å²) in [5.41, 5.74) is -0.218. The Balaban J connectivity index is 2.88. The lowest BCUT2D eigenvalue weighted by Gasteiger charge is -2.23. The number of nitrogens with one attached hydrogen (secondary N) is 1. The minimum Gasteiger partial charge on any atom is -0.404 e. The van der Waals surface area contributed by atoms with Gasteiger partial charge in [0.2, 0.25) is 0 Å². The van der Waals surface area contributed by atoms with Gasteiger partial charge in [-0.2, -0.15) is 0 Å². The Morgan fingerprint density at radius 2 is 1.95 bits per heavy atom. The van der Waals surface area contributed by atoms with Crippen LogP contribution < -0.4 is 10.1 Å². The number of rotatable bonds is 5. The minimum absolute atomic E-state index is 0.0774. The van der Waals surface area contributed by atoms with E-state index in [1.54, 1.807) is 19.9 Å². The number of hydrogen-bond acceptors (Lipinski definition) is 3. The van der Waals surface area contributed by atoms with E-state index in [-0.39, 0.29) is 18.0 Å². The largest absolute Gasteiger partial charge is 0.573 e. The van der Waals surface area contributed by atoms with Crippen molar-refractivity contribution in [3.63, 3.8) is 0 Å². The molecule has 0 aromatic heterocycles. The molecule has 0 aliphatic heterocycles. The van der Waals surface area contributed by atoms with Gasteiger partial charge in [-0.15, -0.1) is 13.2 Å². The molecule has 3 nitrogen and oxygen atoms in total. The van der Waals surface area contributed by atoms with Crippen molar-refractivity contribution in [2.24, 2.45) is 5.41 Å². The van der Waals surface area contributed by atoms with Crippen LogP contribution in [0.4, 0.5) is 18.9 Å². The molecule has 0 bridgehead atoms. The Morgan fingerprint density at radius 1 is 1.32 bits per heavy atom. The van der Waals surface area contributed by atoms with Crippen LogP contribution in [0.2, 0.25) is 0 Å². The summed E-state index contributed by atoms with van der Waals surface area (Å²) in [4.78, 5) is 0. The molecule has 0 saturated heterocycles. The van der Waals surface area contributed by atoms with Gasteiger partial charge in [-0.1, -0.05) is 29.8 Å². The number of ether oxygens (including phenoxy) is 1. The van der Waals surface area contributed by atoms with Gasteiger partial charge in [-0.05, 0) is 18.2 Å². The van der Waals surface area contributed by atoms with E-state index < -0.39 is 11.8 Å². The third kappa shape index (κ3) is 5.69. The maximum absolute atomic E-state index is 12.3. The van der Waals surface area contributed by atoms with Crippen LogP contribution in [0.1, 0.15) is 13.8 Å². The van der Waals surface area contributed by atoms with Crippen LogP contribution >= 0.6 is 15.9 Å². The van der Waals surface area contributed by atoms with E-state index in [2.05, 4.69) is 26.0 Å². The summed E-state index contributed by atoms with van der Waals surface area (Å²) >= 11 is 3.09. The van der Waals surface area contributed by atoms with Crippen LogP contribution in [0, 0.1) is 5.41 Å². The highest BCUT2D eigenvalue weighted by molar-refractivity contribution is 9.10. The van der Waals surface area contributed by atoms with Gasteiger partial charge in [0.15, 0.2) is 5.75 Å². The number of alkyl halides is 3. The summed E-state index contributed by atoms with van der Waals surface area (Å²) in [6, 6.07) is 4.33. The molecule has 0 atom stereocenters. The monoisotopic (exact) mass is 341 g/mol. The van der Waals surface area contributed by atoms with Crippen molar-refractivity contribution >= 4 is 21.6 Å². The molecule has 1 aromatic carbocycles. The second-order valence-electron chi connectivity index (χ2n) is 4.86. The van der Waals surface area contributed by atoms with Crippen molar-refractivity contribution in [2.75, 3.05) is 18.5 Å². The number of hydrogen-bond donors (Lipinski definition) is 2. The zero-order valence-electron chi connectivity index (χ0n) is 10.5. The average Bonchev–Trinajstić information content (AvgIpc) is 2.26. The fraction of sp³-hybridized carbons (Fsp3) is 0.500. The van der Waals surface area contributed by atoms with Crippen LogP contribution in [0.3, 0.4) is 0 Å². The molecule has 0 saturated carbocycles. The molecule has 1 aromatic rings. The van der Waals surface area contributed by atoms with Crippen LogP contribution in [-0.2, 0) is 0 Å². The molecule has 0 heterocycles. The van der Waals surface area contributed by atoms with E-state index >= 15 is 0 Å². The Hall–Kier alpha value is -0.950. The molecule has 108 valence electrons.